The standard InChI is InChI=1S/C15H15N3S/c1-9-8-13(16)19-14(9)15-17-11-4-2-3-5-12(11)18(15)10-6-7-10/h2-5,8,10H,6-7,16H2,1H3. The van der Waals surface area contributed by atoms with Crippen molar-refractivity contribution >= 4 is 27.4 Å². The molecule has 96 valence electrons. The lowest BCUT2D eigenvalue weighted by atomic mass is 10.3. The Morgan fingerprint density at radius 2 is 2.11 bits per heavy atom. The predicted octanol–water partition coefficient (Wildman–Crippen LogP) is 3.99. The molecule has 0 amide bonds. The molecule has 0 radical (unpaired) electrons. The number of aromatic nitrogens is 2. The third kappa shape index (κ3) is 1.67. The lowest BCUT2D eigenvalue weighted by Gasteiger charge is -2.06. The van der Waals surface area contributed by atoms with Gasteiger partial charge in [-0.2, -0.15) is 0 Å². The fourth-order valence-electron chi connectivity index (χ4n) is 2.64. The van der Waals surface area contributed by atoms with Crippen molar-refractivity contribution in [2.75, 3.05) is 5.73 Å². The second-order valence-electron chi connectivity index (χ2n) is 5.19. The van der Waals surface area contributed by atoms with Gasteiger partial charge in [-0.3, -0.25) is 0 Å². The lowest BCUT2D eigenvalue weighted by molar-refractivity contribution is 0.776. The Morgan fingerprint density at radius 1 is 1.32 bits per heavy atom. The van der Waals surface area contributed by atoms with Gasteiger partial charge in [0.2, 0.25) is 0 Å². The molecule has 0 unspecified atom stereocenters. The summed E-state index contributed by atoms with van der Waals surface area (Å²) >= 11 is 1.64. The zero-order valence-corrected chi connectivity index (χ0v) is 11.6. The molecule has 1 fully saturated rings. The summed E-state index contributed by atoms with van der Waals surface area (Å²) in [5, 5.41) is 0.863. The van der Waals surface area contributed by atoms with Gasteiger partial charge >= 0.3 is 0 Å². The number of nitrogens with zero attached hydrogens (tertiary/aromatic N) is 2. The molecule has 3 aromatic rings. The molecule has 1 aliphatic rings. The van der Waals surface area contributed by atoms with Crippen LogP contribution in [0.5, 0.6) is 0 Å². The molecule has 0 saturated heterocycles. The molecule has 19 heavy (non-hydrogen) atoms. The maximum absolute atomic E-state index is 5.93. The molecule has 2 heterocycles. The van der Waals surface area contributed by atoms with Gasteiger partial charge in [-0.1, -0.05) is 12.1 Å². The highest BCUT2D eigenvalue weighted by Crippen LogP contribution is 2.43. The number of imidazole rings is 1. The van der Waals surface area contributed by atoms with E-state index in [9.17, 15) is 0 Å². The van der Waals surface area contributed by atoms with Crippen LogP contribution >= 0.6 is 11.3 Å². The average Bonchev–Trinajstić information content (AvgIpc) is 3.07. The summed E-state index contributed by atoms with van der Waals surface area (Å²) in [6.45, 7) is 2.11. The molecular weight excluding hydrogens is 254 g/mol. The molecule has 0 bridgehead atoms. The predicted molar refractivity (Wildman–Crippen MR) is 80.5 cm³/mol. The third-order valence-electron chi connectivity index (χ3n) is 3.65. The van der Waals surface area contributed by atoms with Crippen LogP contribution < -0.4 is 5.73 Å². The monoisotopic (exact) mass is 269 g/mol. The summed E-state index contributed by atoms with van der Waals surface area (Å²) in [4.78, 5) is 6.05. The Kier molecular flexibility index (Phi) is 2.23. The van der Waals surface area contributed by atoms with E-state index >= 15 is 0 Å². The van der Waals surface area contributed by atoms with Crippen molar-refractivity contribution in [2.45, 2.75) is 25.8 Å². The fourth-order valence-corrected chi connectivity index (χ4v) is 3.56. The number of hydrogen-bond acceptors (Lipinski definition) is 3. The van der Waals surface area contributed by atoms with Crippen LogP contribution in [0.15, 0.2) is 30.3 Å². The topological polar surface area (TPSA) is 43.8 Å². The molecule has 3 nitrogen and oxygen atoms in total. The number of nitrogen functional groups attached to an aromatic ring is 1. The van der Waals surface area contributed by atoms with Crippen LogP contribution in [-0.4, -0.2) is 9.55 Å². The third-order valence-corrected chi connectivity index (χ3v) is 4.71. The molecule has 2 aromatic heterocycles. The number of para-hydroxylation sites is 2. The molecule has 4 heteroatoms. The molecule has 0 aliphatic heterocycles. The van der Waals surface area contributed by atoms with Crippen LogP contribution in [0.4, 0.5) is 5.00 Å². The van der Waals surface area contributed by atoms with Crippen molar-refractivity contribution in [3.63, 3.8) is 0 Å². The summed E-state index contributed by atoms with van der Waals surface area (Å²) in [5.41, 5.74) is 9.48. The van der Waals surface area contributed by atoms with Crippen LogP contribution in [-0.2, 0) is 0 Å². The van der Waals surface area contributed by atoms with E-state index in [0.29, 0.717) is 6.04 Å². The van der Waals surface area contributed by atoms with Gasteiger partial charge in [-0.05, 0) is 43.5 Å². The number of anilines is 1. The Hall–Kier alpha value is -1.81. The Bertz CT molecular complexity index is 765. The largest absolute Gasteiger partial charge is 0.391 e. The van der Waals surface area contributed by atoms with Crippen LogP contribution in [0.2, 0.25) is 0 Å². The highest BCUT2D eigenvalue weighted by molar-refractivity contribution is 7.19. The Morgan fingerprint density at radius 3 is 2.79 bits per heavy atom. The molecule has 1 aromatic carbocycles. The molecule has 1 aliphatic carbocycles. The van der Waals surface area contributed by atoms with E-state index < -0.39 is 0 Å². The van der Waals surface area contributed by atoms with Crippen molar-refractivity contribution in [1.29, 1.82) is 0 Å². The lowest BCUT2D eigenvalue weighted by Crippen LogP contribution is -1.96. The second-order valence-corrected chi connectivity index (χ2v) is 6.27. The highest BCUT2D eigenvalue weighted by Gasteiger charge is 2.29. The first-order valence-corrected chi connectivity index (χ1v) is 7.39. The van der Waals surface area contributed by atoms with Crippen molar-refractivity contribution in [3.05, 3.63) is 35.9 Å². The van der Waals surface area contributed by atoms with E-state index in [0.717, 1.165) is 16.3 Å². The van der Waals surface area contributed by atoms with E-state index in [2.05, 4.69) is 29.7 Å². The minimum absolute atomic E-state index is 0.616. The number of rotatable bonds is 2. The van der Waals surface area contributed by atoms with E-state index in [1.807, 2.05) is 12.1 Å². The first-order chi connectivity index (χ1) is 9.24. The van der Waals surface area contributed by atoms with Gasteiger partial charge in [-0.15, -0.1) is 11.3 Å². The Balaban J connectivity index is 2.03. The normalized spacial score (nSPS) is 15.2. The Labute approximate surface area is 115 Å². The molecule has 0 spiro atoms. The molecule has 4 rings (SSSR count). The fraction of sp³-hybridized carbons (Fsp3) is 0.267. The smallest absolute Gasteiger partial charge is 0.151 e. The average molecular weight is 269 g/mol. The van der Waals surface area contributed by atoms with E-state index in [-0.39, 0.29) is 0 Å². The van der Waals surface area contributed by atoms with E-state index in [1.54, 1.807) is 11.3 Å². The second kappa shape index (κ2) is 3.84. The van der Waals surface area contributed by atoms with Gasteiger partial charge in [0, 0.05) is 6.04 Å². The van der Waals surface area contributed by atoms with Crippen molar-refractivity contribution in [2.24, 2.45) is 0 Å². The van der Waals surface area contributed by atoms with Gasteiger partial charge < -0.3 is 10.3 Å². The van der Waals surface area contributed by atoms with Crippen LogP contribution in [0.25, 0.3) is 21.7 Å². The number of hydrogen-bond donors (Lipinski definition) is 1. The minimum atomic E-state index is 0.616. The first kappa shape index (κ1) is 11.1. The zero-order chi connectivity index (χ0) is 13.0. The van der Waals surface area contributed by atoms with Crippen molar-refractivity contribution in [1.82, 2.24) is 9.55 Å². The molecule has 2 N–H and O–H groups in total. The summed E-state index contributed by atoms with van der Waals surface area (Å²) in [6, 6.07) is 11.0. The van der Waals surface area contributed by atoms with Crippen molar-refractivity contribution in [3.8, 4) is 10.7 Å². The van der Waals surface area contributed by atoms with E-state index in [1.165, 1.54) is 28.8 Å². The number of nitrogens with two attached hydrogens (primary N) is 1. The van der Waals surface area contributed by atoms with Gasteiger partial charge in [0.1, 0.15) is 0 Å². The van der Waals surface area contributed by atoms with Gasteiger partial charge in [0.15, 0.2) is 5.82 Å². The molecule has 1 saturated carbocycles. The molecular formula is C15H15N3S. The highest BCUT2D eigenvalue weighted by atomic mass is 32.1. The number of benzene rings is 1. The summed E-state index contributed by atoms with van der Waals surface area (Å²) in [7, 11) is 0. The number of thiophene rings is 1. The summed E-state index contributed by atoms with van der Waals surface area (Å²) in [5.74, 6) is 1.09. The van der Waals surface area contributed by atoms with Crippen LogP contribution in [0, 0.1) is 6.92 Å². The maximum atomic E-state index is 5.93. The zero-order valence-electron chi connectivity index (χ0n) is 10.8. The first-order valence-electron chi connectivity index (χ1n) is 6.57. The number of aryl methyl sites for hydroxylation is 1. The maximum Gasteiger partial charge on any atom is 0.151 e. The van der Waals surface area contributed by atoms with Gasteiger partial charge in [-0.25, -0.2) is 4.98 Å². The minimum Gasteiger partial charge on any atom is -0.391 e. The molecule has 0 atom stereocenters. The van der Waals surface area contributed by atoms with Crippen molar-refractivity contribution < 1.29 is 0 Å². The van der Waals surface area contributed by atoms with E-state index in [4.69, 9.17) is 10.7 Å². The summed E-state index contributed by atoms with van der Waals surface area (Å²) < 4.78 is 2.40. The SMILES string of the molecule is Cc1cc(N)sc1-c1nc2ccccc2n1C1CC1. The van der Waals surface area contributed by atoms with Crippen LogP contribution in [0.1, 0.15) is 24.4 Å². The summed E-state index contributed by atoms with van der Waals surface area (Å²) in [6.07, 6.45) is 2.51. The number of fused-ring (bicyclic) bond motifs is 1. The quantitative estimate of drug-likeness (QED) is 0.764. The van der Waals surface area contributed by atoms with Crippen LogP contribution in [0.3, 0.4) is 0 Å². The van der Waals surface area contributed by atoms with Gasteiger partial charge in [0.25, 0.3) is 0 Å². The van der Waals surface area contributed by atoms with Gasteiger partial charge in [0.05, 0.1) is 20.9 Å².